The molecule has 10 heteroatoms. The maximum Gasteiger partial charge on any atom is 0.294 e. The van der Waals surface area contributed by atoms with Gasteiger partial charge in [0.25, 0.3) is 5.69 Å². The normalized spacial score (nSPS) is 15.8. The van der Waals surface area contributed by atoms with Crippen LogP contribution in [0.4, 0.5) is 11.4 Å². The van der Waals surface area contributed by atoms with Crippen LogP contribution in [0, 0.1) is 10.1 Å². The molecule has 3 rings (SSSR count). The fourth-order valence-corrected chi connectivity index (χ4v) is 4.55. The van der Waals surface area contributed by atoms with Gasteiger partial charge in [0, 0.05) is 42.3 Å². The number of anilines is 1. The summed E-state index contributed by atoms with van der Waals surface area (Å²) in [5.74, 6) is 0. The molecular weight excluding hydrogens is 401 g/mol. The third-order valence-electron chi connectivity index (χ3n) is 4.16. The molecule has 0 amide bonds. The highest BCUT2D eigenvalue weighted by Gasteiger charge is 2.30. The molecule has 0 spiro atoms. The molecule has 0 bridgehead atoms. The molecule has 0 N–H and O–H groups in total. The maximum atomic E-state index is 12.7. The van der Waals surface area contributed by atoms with Crippen molar-refractivity contribution in [2.75, 3.05) is 31.1 Å². The molecule has 138 valence electrons. The second-order valence-corrected chi connectivity index (χ2v) is 8.55. The largest absolute Gasteiger partial charge is 0.363 e. The molecule has 2 aromatic rings. The SMILES string of the molecule is O=[N+]([O-])c1cc(Cl)ccc1N1CCN(S(=O)(=O)c2ccc(Cl)cc2)CC1. The second-order valence-electron chi connectivity index (χ2n) is 5.74. The van der Waals surface area contributed by atoms with Gasteiger partial charge in [0.05, 0.1) is 9.82 Å². The van der Waals surface area contributed by atoms with Crippen LogP contribution in [0.1, 0.15) is 0 Å². The Morgan fingerprint density at radius 3 is 2.08 bits per heavy atom. The molecule has 2 aromatic carbocycles. The summed E-state index contributed by atoms with van der Waals surface area (Å²) in [4.78, 5) is 12.7. The van der Waals surface area contributed by atoms with Crippen LogP contribution in [-0.2, 0) is 10.0 Å². The van der Waals surface area contributed by atoms with Gasteiger partial charge in [0.2, 0.25) is 10.0 Å². The van der Waals surface area contributed by atoms with E-state index < -0.39 is 14.9 Å². The van der Waals surface area contributed by atoms with Crippen LogP contribution in [0.5, 0.6) is 0 Å². The first-order valence-electron chi connectivity index (χ1n) is 7.73. The Labute approximate surface area is 160 Å². The van der Waals surface area contributed by atoms with E-state index in [0.717, 1.165) is 0 Å². The van der Waals surface area contributed by atoms with E-state index in [-0.39, 0.29) is 28.7 Å². The van der Waals surface area contributed by atoms with Crippen molar-refractivity contribution in [3.05, 3.63) is 62.6 Å². The number of nitro benzene ring substituents is 1. The highest BCUT2D eigenvalue weighted by atomic mass is 35.5. The average molecular weight is 416 g/mol. The molecule has 1 saturated heterocycles. The highest BCUT2D eigenvalue weighted by molar-refractivity contribution is 7.89. The van der Waals surface area contributed by atoms with Crippen molar-refractivity contribution in [2.24, 2.45) is 0 Å². The molecular formula is C16H15Cl2N3O4S. The van der Waals surface area contributed by atoms with E-state index in [0.29, 0.717) is 23.8 Å². The Kier molecular flexibility index (Phi) is 5.38. The first-order valence-corrected chi connectivity index (χ1v) is 9.93. The van der Waals surface area contributed by atoms with Crippen LogP contribution in [0.25, 0.3) is 0 Å². The van der Waals surface area contributed by atoms with Gasteiger partial charge in [-0.25, -0.2) is 8.42 Å². The van der Waals surface area contributed by atoms with Gasteiger partial charge in [0.1, 0.15) is 5.69 Å². The quantitative estimate of drug-likeness (QED) is 0.564. The standard InChI is InChI=1S/C16H15Cl2N3O4S/c17-12-1-4-14(5-2-12)26(24,25)20-9-7-19(8-10-20)15-6-3-13(18)11-16(15)21(22)23/h1-6,11H,7-10H2. The smallest absolute Gasteiger partial charge is 0.294 e. The molecule has 7 nitrogen and oxygen atoms in total. The molecule has 1 heterocycles. The lowest BCUT2D eigenvalue weighted by Crippen LogP contribution is -2.48. The minimum absolute atomic E-state index is 0.0912. The van der Waals surface area contributed by atoms with E-state index in [2.05, 4.69) is 0 Å². The number of piperazine rings is 1. The van der Waals surface area contributed by atoms with Crippen LogP contribution in [0.2, 0.25) is 10.0 Å². The number of nitrogens with zero attached hydrogens (tertiary/aromatic N) is 3. The predicted molar refractivity (Wildman–Crippen MR) is 101 cm³/mol. The summed E-state index contributed by atoms with van der Waals surface area (Å²) in [5.41, 5.74) is 0.342. The van der Waals surface area contributed by atoms with E-state index in [1.807, 2.05) is 0 Å². The van der Waals surface area contributed by atoms with Crippen LogP contribution in [0.3, 0.4) is 0 Å². The lowest BCUT2D eigenvalue weighted by Gasteiger charge is -2.35. The predicted octanol–water partition coefficient (Wildman–Crippen LogP) is 3.41. The van der Waals surface area contributed by atoms with E-state index in [9.17, 15) is 18.5 Å². The monoisotopic (exact) mass is 415 g/mol. The Morgan fingerprint density at radius 2 is 1.50 bits per heavy atom. The fourth-order valence-electron chi connectivity index (χ4n) is 2.84. The van der Waals surface area contributed by atoms with Crippen molar-refractivity contribution in [3.63, 3.8) is 0 Å². The molecule has 0 saturated carbocycles. The number of rotatable bonds is 4. The summed E-state index contributed by atoms with van der Waals surface area (Å²) in [7, 11) is -3.62. The van der Waals surface area contributed by atoms with Crippen LogP contribution < -0.4 is 4.90 Å². The van der Waals surface area contributed by atoms with E-state index >= 15 is 0 Å². The Morgan fingerprint density at radius 1 is 0.923 bits per heavy atom. The number of halogens is 2. The molecule has 0 unspecified atom stereocenters. The van der Waals surface area contributed by atoms with Crippen molar-refractivity contribution >= 4 is 44.6 Å². The van der Waals surface area contributed by atoms with Crippen LogP contribution in [0.15, 0.2) is 47.4 Å². The molecule has 1 aliphatic heterocycles. The third kappa shape index (κ3) is 3.78. The molecule has 26 heavy (non-hydrogen) atoms. The van der Waals surface area contributed by atoms with Crippen molar-refractivity contribution < 1.29 is 13.3 Å². The summed E-state index contributed by atoms with van der Waals surface area (Å²) < 4.78 is 26.8. The van der Waals surface area contributed by atoms with E-state index in [1.54, 1.807) is 17.0 Å². The van der Waals surface area contributed by atoms with Gasteiger partial charge in [-0.15, -0.1) is 0 Å². The maximum absolute atomic E-state index is 12.7. The zero-order valence-electron chi connectivity index (χ0n) is 13.5. The first kappa shape index (κ1) is 18.9. The molecule has 0 radical (unpaired) electrons. The van der Waals surface area contributed by atoms with Crippen molar-refractivity contribution in [1.29, 1.82) is 0 Å². The van der Waals surface area contributed by atoms with Crippen LogP contribution >= 0.6 is 23.2 Å². The summed E-state index contributed by atoms with van der Waals surface area (Å²) >= 11 is 11.6. The topological polar surface area (TPSA) is 83.8 Å². The lowest BCUT2D eigenvalue weighted by atomic mass is 10.2. The number of hydrogen-bond acceptors (Lipinski definition) is 5. The minimum Gasteiger partial charge on any atom is -0.363 e. The molecule has 0 aliphatic carbocycles. The molecule has 0 aromatic heterocycles. The summed E-state index contributed by atoms with van der Waals surface area (Å²) in [6.45, 7) is 1.14. The second kappa shape index (κ2) is 7.40. The van der Waals surface area contributed by atoms with Crippen molar-refractivity contribution in [1.82, 2.24) is 4.31 Å². The van der Waals surface area contributed by atoms with Gasteiger partial charge in [0.15, 0.2) is 0 Å². The summed E-state index contributed by atoms with van der Waals surface area (Å²) in [5, 5.41) is 12.0. The molecule has 0 atom stereocenters. The summed E-state index contributed by atoms with van der Waals surface area (Å²) in [6, 6.07) is 10.5. The zero-order valence-corrected chi connectivity index (χ0v) is 15.8. The fraction of sp³-hybridized carbons (Fsp3) is 0.250. The van der Waals surface area contributed by atoms with Gasteiger partial charge in [-0.1, -0.05) is 23.2 Å². The minimum atomic E-state index is -3.62. The van der Waals surface area contributed by atoms with Gasteiger partial charge in [-0.05, 0) is 36.4 Å². The number of nitro groups is 1. The number of benzene rings is 2. The van der Waals surface area contributed by atoms with E-state index in [4.69, 9.17) is 23.2 Å². The first-order chi connectivity index (χ1) is 12.3. The lowest BCUT2D eigenvalue weighted by molar-refractivity contribution is -0.384. The zero-order chi connectivity index (χ0) is 18.9. The van der Waals surface area contributed by atoms with E-state index in [1.165, 1.54) is 34.6 Å². The van der Waals surface area contributed by atoms with Crippen LogP contribution in [-0.4, -0.2) is 43.8 Å². The number of sulfonamides is 1. The Balaban J connectivity index is 1.77. The van der Waals surface area contributed by atoms with Gasteiger partial charge in [-0.2, -0.15) is 4.31 Å². The third-order valence-corrected chi connectivity index (χ3v) is 6.56. The average Bonchev–Trinajstić information content (AvgIpc) is 2.62. The molecule has 1 fully saturated rings. The van der Waals surface area contributed by atoms with Crippen molar-refractivity contribution in [3.8, 4) is 0 Å². The Hall–Kier alpha value is -1.87. The van der Waals surface area contributed by atoms with Gasteiger partial charge >= 0.3 is 0 Å². The number of hydrogen-bond donors (Lipinski definition) is 0. The highest BCUT2D eigenvalue weighted by Crippen LogP contribution is 2.32. The molecule has 1 aliphatic rings. The van der Waals surface area contributed by atoms with Crippen molar-refractivity contribution in [2.45, 2.75) is 4.90 Å². The van der Waals surface area contributed by atoms with Gasteiger partial charge < -0.3 is 4.90 Å². The van der Waals surface area contributed by atoms with Gasteiger partial charge in [-0.3, -0.25) is 10.1 Å². The Bertz CT molecular complexity index is 927. The summed E-state index contributed by atoms with van der Waals surface area (Å²) in [6.07, 6.45) is 0.